The molecule has 0 aromatic carbocycles. The lowest BCUT2D eigenvalue weighted by atomic mass is 10.2. The molecule has 17 heavy (non-hydrogen) atoms. The Hall–Kier alpha value is -0.870. The molecule has 0 fully saturated rings. The number of nitrogens with two attached hydrogens (primary N) is 1. The first kappa shape index (κ1) is 14.2. The van der Waals surface area contributed by atoms with Gasteiger partial charge in [-0.2, -0.15) is 5.10 Å². The van der Waals surface area contributed by atoms with E-state index in [2.05, 4.69) is 54.8 Å². The molecular formula is C13H26N4. The van der Waals surface area contributed by atoms with Gasteiger partial charge in [-0.3, -0.25) is 4.68 Å². The monoisotopic (exact) mass is 238 g/mol. The van der Waals surface area contributed by atoms with Gasteiger partial charge in [0.05, 0.1) is 5.69 Å². The minimum Gasteiger partial charge on any atom is -0.330 e. The Kier molecular flexibility index (Phi) is 5.65. The summed E-state index contributed by atoms with van der Waals surface area (Å²) >= 11 is 0. The first-order valence-corrected chi connectivity index (χ1v) is 6.49. The maximum Gasteiger partial charge on any atom is 0.0764 e. The maximum absolute atomic E-state index is 5.63. The average molecular weight is 238 g/mol. The number of rotatable bonds is 7. The highest BCUT2D eigenvalue weighted by Crippen LogP contribution is 2.10. The molecular weight excluding hydrogens is 212 g/mol. The molecule has 1 rings (SSSR count). The third kappa shape index (κ3) is 4.48. The normalized spacial score (nSPS) is 15.2. The highest BCUT2D eigenvalue weighted by molar-refractivity contribution is 4.99. The van der Waals surface area contributed by atoms with Crippen molar-refractivity contribution in [1.82, 2.24) is 14.7 Å². The van der Waals surface area contributed by atoms with Crippen LogP contribution in [-0.4, -0.2) is 34.8 Å². The molecule has 1 aromatic heterocycles. The van der Waals surface area contributed by atoms with Crippen molar-refractivity contribution in [2.75, 3.05) is 20.1 Å². The second kappa shape index (κ2) is 6.77. The fourth-order valence-electron chi connectivity index (χ4n) is 1.84. The van der Waals surface area contributed by atoms with Crippen LogP contribution in [0.3, 0.4) is 0 Å². The molecule has 0 saturated carbocycles. The largest absolute Gasteiger partial charge is 0.330 e. The zero-order chi connectivity index (χ0) is 12.8. The van der Waals surface area contributed by atoms with E-state index in [1.165, 1.54) is 0 Å². The molecule has 1 heterocycles. The van der Waals surface area contributed by atoms with Gasteiger partial charge in [0.1, 0.15) is 0 Å². The summed E-state index contributed by atoms with van der Waals surface area (Å²) in [6, 6.07) is 2.59. The molecule has 1 aromatic rings. The number of aromatic nitrogens is 2. The summed E-state index contributed by atoms with van der Waals surface area (Å²) in [7, 11) is 2.12. The van der Waals surface area contributed by atoms with Gasteiger partial charge in [-0.25, -0.2) is 0 Å². The van der Waals surface area contributed by atoms with Crippen LogP contribution in [0, 0.1) is 5.92 Å². The van der Waals surface area contributed by atoms with Crippen molar-refractivity contribution in [2.24, 2.45) is 11.7 Å². The topological polar surface area (TPSA) is 47.1 Å². The van der Waals surface area contributed by atoms with Crippen LogP contribution in [0.4, 0.5) is 0 Å². The quantitative estimate of drug-likeness (QED) is 0.789. The molecule has 2 N–H and O–H groups in total. The van der Waals surface area contributed by atoms with Crippen LogP contribution >= 0.6 is 0 Å². The molecule has 0 spiro atoms. The molecule has 2 atom stereocenters. The fourth-order valence-corrected chi connectivity index (χ4v) is 1.84. The second-order valence-corrected chi connectivity index (χ2v) is 5.08. The Morgan fingerprint density at radius 2 is 2.18 bits per heavy atom. The number of hydrogen-bond acceptors (Lipinski definition) is 3. The number of nitrogens with zero attached hydrogens (tertiary/aromatic N) is 3. The average Bonchev–Trinajstić information content (AvgIpc) is 2.76. The summed E-state index contributed by atoms with van der Waals surface area (Å²) < 4.78 is 2.05. The SMILES string of the molecule is CCC(C)n1ccc(CN(C)CC(C)CN)n1. The lowest BCUT2D eigenvalue weighted by Crippen LogP contribution is -2.28. The second-order valence-electron chi connectivity index (χ2n) is 5.08. The Morgan fingerprint density at radius 3 is 2.76 bits per heavy atom. The van der Waals surface area contributed by atoms with Crippen LogP contribution in [0.5, 0.6) is 0 Å². The van der Waals surface area contributed by atoms with Gasteiger partial charge in [-0.15, -0.1) is 0 Å². The summed E-state index contributed by atoms with van der Waals surface area (Å²) in [6.45, 7) is 9.21. The van der Waals surface area contributed by atoms with E-state index in [0.29, 0.717) is 12.0 Å². The zero-order valence-corrected chi connectivity index (χ0v) is 11.6. The smallest absolute Gasteiger partial charge is 0.0764 e. The lowest BCUT2D eigenvalue weighted by Gasteiger charge is -2.19. The van der Waals surface area contributed by atoms with Crippen LogP contribution in [0.1, 0.15) is 38.9 Å². The van der Waals surface area contributed by atoms with Crippen LogP contribution in [0.2, 0.25) is 0 Å². The van der Waals surface area contributed by atoms with Crippen molar-refractivity contribution in [3.63, 3.8) is 0 Å². The van der Waals surface area contributed by atoms with Gasteiger partial charge in [0.15, 0.2) is 0 Å². The lowest BCUT2D eigenvalue weighted by molar-refractivity contribution is 0.277. The van der Waals surface area contributed by atoms with E-state index in [1.54, 1.807) is 0 Å². The van der Waals surface area contributed by atoms with Crippen molar-refractivity contribution in [2.45, 2.75) is 39.8 Å². The van der Waals surface area contributed by atoms with Gasteiger partial charge >= 0.3 is 0 Å². The fraction of sp³-hybridized carbons (Fsp3) is 0.769. The van der Waals surface area contributed by atoms with Crippen molar-refractivity contribution < 1.29 is 0 Å². The van der Waals surface area contributed by atoms with Crippen molar-refractivity contribution >= 4 is 0 Å². The molecule has 0 aliphatic heterocycles. The van der Waals surface area contributed by atoms with E-state index in [0.717, 1.165) is 31.7 Å². The summed E-state index contributed by atoms with van der Waals surface area (Å²) in [5.41, 5.74) is 6.77. The highest BCUT2D eigenvalue weighted by Gasteiger charge is 2.08. The molecule has 98 valence electrons. The predicted molar refractivity (Wildman–Crippen MR) is 71.8 cm³/mol. The predicted octanol–water partition coefficient (Wildman–Crippen LogP) is 1.88. The van der Waals surface area contributed by atoms with Gasteiger partial charge in [0.2, 0.25) is 0 Å². The number of hydrogen-bond donors (Lipinski definition) is 1. The van der Waals surface area contributed by atoms with E-state index >= 15 is 0 Å². The Morgan fingerprint density at radius 1 is 1.47 bits per heavy atom. The molecule has 0 bridgehead atoms. The molecule has 4 heteroatoms. The molecule has 4 nitrogen and oxygen atoms in total. The Labute approximate surface area is 105 Å². The Balaban J connectivity index is 2.48. The van der Waals surface area contributed by atoms with Crippen LogP contribution in [-0.2, 0) is 6.54 Å². The first-order valence-electron chi connectivity index (χ1n) is 6.49. The van der Waals surface area contributed by atoms with E-state index in [1.807, 2.05) is 0 Å². The third-order valence-corrected chi connectivity index (χ3v) is 3.16. The minimum atomic E-state index is 0.483. The summed E-state index contributed by atoms with van der Waals surface area (Å²) in [5.74, 6) is 0.539. The molecule has 2 unspecified atom stereocenters. The highest BCUT2D eigenvalue weighted by atomic mass is 15.3. The molecule has 0 aliphatic carbocycles. The van der Waals surface area contributed by atoms with Crippen LogP contribution in [0.15, 0.2) is 12.3 Å². The standard InChI is InChI=1S/C13H26N4/c1-5-12(3)17-7-6-13(15-17)10-16(4)9-11(2)8-14/h6-7,11-12H,5,8-10,14H2,1-4H3. The van der Waals surface area contributed by atoms with E-state index in [-0.39, 0.29) is 0 Å². The van der Waals surface area contributed by atoms with Crippen molar-refractivity contribution in [3.05, 3.63) is 18.0 Å². The van der Waals surface area contributed by atoms with Crippen LogP contribution in [0.25, 0.3) is 0 Å². The summed E-state index contributed by atoms with van der Waals surface area (Å²) in [5, 5.41) is 4.60. The van der Waals surface area contributed by atoms with E-state index in [4.69, 9.17) is 5.73 Å². The minimum absolute atomic E-state index is 0.483. The third-order valence-electron chi connectivity index (χ3n) is 3.16. The summed E-state index contributed by atoms with van der Waals surface area (Å²) in [4.78, 5) is 2.28. The Bertz CT molecular complexity index is 321. The summed E-state index contributed by atoms with van der Waals surface area (Å²) in [6.07, 6.45) is 3.19. The van der Waals surface area contributed by atoms with Gasteiger partial charge in [-0.1, -0.05) is 13.8 Å². The van der Waals surface area contributed by atoms with Crippen LogP contribution < -0.4 is 5.73 Å². The van der Waals surface area contributed by atoms with Crippen molar-refractivity contribution in [3.8, 4) is 0 Å². The molecule has 0 aliphatic rings. The molecule has 0 radical (unpaired) electrons. The van der Waals surface area contributed by atoms with Gasteiger partial charge < -0.3 is 10.6 Å². The molecule has 0 amide bonds. The zero-order valence-electron chi connectivity index (χ0n) is 11.6. The van der Waals surface area contributed by atoms with Crippen molar-refractivity contribution in [1.29, 1.82) is 0 Å². The maximum atomic E-state index is 5.63. The molecule has 0 saturated heterocycles. The van der Waals surface area contributed by atoms with Gasteiger partial charge in [0, 0.05) is 25.3 Å². The van der Waals surface area contributed by atoms with Gasteiger partial charge in [-0.05, 0) is 38.9 Å². The van der Waals surface area contributed by atoms with E-state index < -0.39 is 0 Å². The van der Waals surface area contributed by atoms with E-state index in [9.17, 15) is 0 Å². The first-order chi connectivity index (χ1) is 8.06. The van der Waals surface area contributed by atoms with Gasteiger partial charge in [0.25, 0.3) is 0 Å².